The first-order valence-electron chi connectivity index (χ1n) is 5.59. The molecule has 2 rings (SSSR count). The van der Waals surface area contributed by atoms with Gasteiger partial charge in [-0.15, -0.1) is 0 Å². The van der Waals surface area contributed by atoms with E-state index >= 15 is 0 Å². The molecule has 3 heteroatoms. The van der Waals surface area contributed by atoms with Crippen LogP contribution in [0.5, 0.6) is 0 Å². The molecule has 0 amide bonds. The maximum absolute atomic E-state index is 9.39. The summed E-state index contributed by atoms with van der Waals surface area (Å²) in [5, 5.41) is 21.7. The Hall–Kier alpha value is -1.53. The van der Waals surface area contributed by atoms with Gasteiger partial charge in [-0.2, -0.15) is 5.26 Å². The standard InChI is InChI=1S/C13H16N2O/c1-10-3-4-11(8-14)12(7-10)15-13(9-16)5-2-6-13/h3-4,7,15-16H,2,5-6,9H2,1H3. The number of rotatable bonds is 3. The van der Waals surface area contributed by atoms with Crippen molar-refractivity contribution in [3.63, 3.8) is 0 Å². The molecule has 1 aromatic carbocycles. The van der Waals surface area contributed by atoms with E-state index in [2.05, 4.69) is 11.4 Å². The molecule has 2 N–H and O–H groups in total. The van der Waals surface area contributed by atoms with E-state index in [0.29, 0.717) is 5.56 Å². The summed E-state index contributed by atoms with van der Waals surface area (Å²) in [6, 6.07) is 7.89. The van der Waals surface area contributed by atoms with Gasteiger partial charge >= 0.3 is 0 Å². The van der Waals surface area contributed by atoms with Crippen molar-refractivity contribution in [2.75, 3.05) is 11.9 Å². The van der Waals surface area contributed by atoms with E-state index in [4.69, 9.17) is 5.26 Å². The van der Waals surface area contributed by atoms with Crippen LogP contribution in [-0.2, 0) is 0 Å². The van der Waals surface area contributed by atoms with Gasteiger partial charge in [-0.3, -0.25) is 0 Å². The minimum absolute atomic E-state index is 0.131. The van der Waals surface area contributed by atoms with Gasteiger partial charge in [-0.1, -0.05) is 6.07 Å². The monoisotopic (exact) mass is 216 g/mol. The van der Waals surface area contributed by atoms with E-state index in [9.17, 15) is 5.11 Å². The molecule has 0 atom stereocenters. The smallest absolute Gasteiger partial charge is 0.101 e. The van der Waals surface area contributed by atoms with Crippen LogP contribution in [0.15, 0.2) is 18.2 Å². The fourth-order valence-corrected chi connectivity index (χ4v) is 2.07. The Morgan fingerprint density at radius 2 is 2.25 bits per heavy atom. The number of nitriles is 1. The molecule has 84 valence electrons. The molecular formula is C13H16N2O. The molecule has 16 heavy (non-hydrogen) atoms. The van der Waals surface area contributed by atoms with Gasteiger partial charge in [0.2, 0.25) is 0 Å². The second-order valence-electron chi connectivity index (χ2n) is 4.58. The highest BCUT2D eigenvalue weighted by Gasteiger charge is 2.36. The van der Waals surface area contributed by atoms with Crippen molar-refractivity contribution in [1.29, 1.82) is 5.26 Å². The number of nitrogens with one attached hydrogen (secondary N) is 1. The number of benzene rings is 1. The molecule has 0 unspecified atom stereocenters. The molecule has 1 saturated carbocycles. The molecule has 0 aliphatic heterocycles. The molecular weight excluding hydrogens is 200 g/mol. The topological polar surface area (TPSA) is 56.0 Å². The third-order valence-corrected chi connectivity index (χ3v) is 3.31. The molecule has 1 fully saturated rings. The molecule has 3 nitrogen and oxygen atoms in total. The predicted octanol–water partition coefficient (Wildman–Crippen LogP) is 2.19. The number of aliphatic hydroxyl groups is 1. The van der Waals surface area contributed by atoms with Gasteiger partial charge in [0.1, 0.15) is 6.07 Å². The van der Waals surface area contributed by atoms with Gasteiger partial charge in [-0.25, -0.2) is 0 Å². The van der Waals surface area contributed by atoms with Crippen LogP contribution in [0.25, 0.3) is 0 Å². The second-order valence-corrected chi connectivity index (χ2v) is 4.58. The largest absolute Gasteiger partial charge is 0.394 e. The van der Waals surface area contributed by atoms with Crippen molar-refractivity contribution in [2.45, 2.75) is 31.7 Å². The van der Waals surface area contributed by atoms with Crippen LogP contribution in [-0.4, -0.2) is 17.3 Å². The van der Waals surface area contributed by atoms with Gasteiger partial charge in [0.25, 0.3) is 0 Å². The average Bonchev–Trinajstić information content (AvgIpc) is 2.24. The Labute approximate surface area is 95.7 Å². The SMILES string of the molecule is Cc1ccc(C#N)c(NC2(CO)CCC2)c1. The van der Waals surface area contributed by atoms with Crippen molar-refractivity contribution in [1.82, 2.24) is 0 Å². The third-order valence-electron chi connectivity index (χ3n) is 3.31. The van der Waals surface area contributed by atoms with Crippen molar-refractivity contribution in [3.05, 3.63) is 29.3 Å². The number of nitrogens with zero attached hydrogens (tertiary/aromatic N) is 1. The zero-order valence-electron chi connectivity index (χ0n) is 9.45. The second kappa shape index (κ2) is 4.15. The van der Waals surface area contributed by atoms with Crippen molar-refractivity contribution in [2.24, 2.45) is 0 Å². The summed E-state index contributed by atoms with van der Waals surface area (Å²) in [6.45, 7) is 2.13. The number of hydrogen-bond acceptors (Lipinski definition) is 3. The first kappa shape index (κ1) is 11.0. The minimum atomic E-state index is -0.195. The number of hydrogen-bond donors (Lipinski definition) is 2. The van der Waals surface area contributed by atoms with Crippen LogP contribution < -0.4 is 5.32 Å². The molecule has 0 saturated heterocycles. The van der Waals surface area contributed by atoms with E-state index in [1.807, 2.05) is 25.1 Å². The van der Waals surface area contributed by atoms with E-state index in [0.717, 1.165) is 30.5 Å². The Morgan fingerprint density at radius 3 is 2.75 bits per heavy atom. The summed E-state index contributed by atoms with van der Waals surface area (Å²) in [6.07, 6.45) is 3.09. The Bertz CT molecular complexity index is 425. The lowest BCUT2D eigenvalue weighted by atomic mass is 9.77. The maximum atomic E-state index is 9.39. The average molecular weight is 216 g/mol. The molecule has 0 radical (unpaired) electrons. The predicted molar refractivity (Wildman–Crippen MR) is 63.2 cm³/mol. The first-order valence-corrected chi connectivity index (χ1v) is 5.59. The summed E-state index contributed by atoms with van der Waals surface area (Å²) < 4.78 is 0. The van der Waals surface area contributed by atoms with Crippen molar-refractivity contribution in [3.8, 4) is 6.07 Å². The molecule has 1 aliphatic rings. The molecule has 0 heterocycles. The quantitative estimate of drug-likeness (QED) is 0.814. The van der Waals surface area contributed by atoms with Crippen LogP contribution in [0.1, 0.15) is 30.4 Å². The van der Waals surface area contributed by atoms with E-state index < -0.39 is 0 Å². The fourth-order valence-electron chi connectivity index (χ4n) is 2.07. The maximum Gasteiger partial charge on any atom is 0.101 e. The summed E-state index contributed by atoms with van der Waals surface area (Å²) in [7, 11) is 0. The van der Waals surface area contributed by atoms with Gasteiger partial charge in [0, 0.05) is 0 Å². The zero-order chi connectivity index (χ0) is 11.6. The Balaban J connectivity index is 2.26. The fraction of sp³-hybridized carbons (Fsp3) is 0.462. The minimum Gasteiger partial charge on any atom is -0.394 e. The van der Waals surface area contributed by atoms with E-state index in [1.54, 1.807) is 0 Å². The highest BCUT2D eigenvalue weighted by Crippen LogP contribution is 2.35. The van der Waals surface area contributed by atoms with Crippen LogP contribution in [0.3, 0.4) is 0 Å². The number of anilines is 1. The van der Waals surface area contributed by atoms with Gasteiger partial charge in [-0.05, 0) is 43.9 Å². The zero-order valence-corrected chi connectivity index (χ0v) is 9.45. The Morgan fingerprint density at radius 1 is 1.50 bits per heavy atom. The van der Waals surface area contributed by atoms with Gasteiger partial charge < -0.3 is 10.4 Å². The lowest BCUT2D eigenvalue weighted by Gasteiger charge is -2.42. The number of aliphatic hydroxyl groups excluding tert-OH is 1. The van der Waals surface area contributed by atoms with Gasteiger partial charge in [0.05, 0.1) is 23.4 Å². The molecule has 0 bridgehead atoms. The lowest BCUT2D eigenvalue weighted by molar-refractivity contribution is 0.144. The summed E-state index contributed by atoms with van der Waals surface area (Å²) >= 11 is 0. The Kier molecular flexibility index (Phi) is 2.84. The number of aryl methyl sites for hydroxylation is 1. The van der Waals surface area contributed by atoms with Gasteiger partial charge in [0.15, 0.2) is 0 Å². The third kappa shape index (κ3) is 1.89. The normalized spacial score (nSPS) is 17.3. The van der Waals surface area contributed by atoms with Crippen LogP contribution in [0.4, 0.5) is 5.69 Å². The van der Waals surface area contributed by atoms with Crippen molar-refractivity contribution >= 4 is 5.69 Å². The van der Waals surface area contributed by atoms with Crippen molar-refractivity contribution < 1.29 is 5.11 Å². The molecule has 1 aromatic rings. The summed E-state index contributed by atoms with van der Waals surface area (Å²) in [4.78, 5) is 0. The van der Waals surface area contributed by atoms with Crippen LogP contribution >= 0.6 is 0 Å². The first-order chi connectivity index (χ1) is 7.69. The molecule has 0 aromatic heterocycles. The highest BCUT2D eigenvalue weighted by atomic mass is 16.3. The van der Waals surface area contributed by atoms with E-state index in [1.165, 1.54) is 0 Å². The van der Waals surface area contributed by atoms with E-state index in [-0.39, 0.29) is 12.1 Å². The molecule has 1 aliphatic carbocycles. The van der Waals surface area contributed by atoms with Crippen LogP contribution in [0.2, 0.25) is 0 Å². The summed E-state index contributed by atoms with van der Waals surface area (Å²) in [5.41, 5.74) is 2.41. The molecule has 0 spiro atoms. The summed E-state index contributed by atoms with van der Waals surface area (Å²) in [5.74, 6) is 0. The lowest BCUT2D eigenvalue weighted by Crippen LogP contribution is -2.48. The van der Waals surface area contributed by atoms with Crippen LogP contribution in [0, 0.1) is 18.3 Å². The highest BCUT2D eigenvalue weighted by molar-refractivity contribution is 5.60.